The third-order valence-corrected chi connectivity index (χ3v) is 3.88. The molecule has 6 heteroatoms. The first-order chi connectivity index (χ1) is 10.7. The number of nitrogens with one attached hydrogen (secondary N) is 1. The van der Waals surface area contributed by atoms with E-state index in [1.165, 1.54) is 5.69 Å². The molecule has 0 unspecified atom stereocenters. The third-order valence-electron chi connectivity index (χ3n) is 3.64. The second-order valence-corrected chi connectivity index (χ2v) is 5.62. The van der Waals surface area contributed by atoms with E-state index < -0.39 is 0 Å². The topological polar surface area (TPSA) is 40.1 Å². The molecule has 0 bridgehead atoms. The lowest BCUT2D eigenvalue weighted by Gasteiger charge is -2.37. The van der Waals surface area contributed by atoms with Gasteiger partial charge in [0.2, 0.25) is 0 Å². The van der Waals surface area contributed by atoms with Gasteiger partial charge in [-0.25, -0.2) is 0 Å². The minimum atomic E-state index is 0.650. The van der Waals surface area contributed by atoms with Crippen LogP contribution in [0.25, 0.3) is 0 Å². The van der Waals surface area contributed by atoms with Crippen molar-refractivity contribution in [3.8, 4) is 0 Å². The summed E-state index contributed by atoms with van der Waals surface area (Å²) in [5.74, 6) is 0.977. The number of benzene rings is 1. The Hall–Kier alpha value is -1.46. The first-order valence-corrected chi connectivity index (χ1v) is 8.15. The van der Waals surface area contributed by atoms with E-state index in [2.05, 4.69) is 33.1 Å². The Balaban J connectivity index is 1.93. The maximum absolute atomic E-state index is 6.08. The minimum Gasteiger partial charge on any atom is -0.383 e. The van der Waals surface area contributed by atoms with Gasteiger partial charge in [0.25, 0.3) is 0 Å². The van der Waals surface area contributed by atoms with Crippen molar-refractivity contribution >= 4 is 23.2 Å². The molecule has 0 aliphatic carbocycles. The lowest BCUT2D eigenvalue weighted by Crippen LogP contribution is -2.52. The number of guanidine groups is 1. The number of hydrogen-bond acceptors (Lipinski definition) is 3. The highest BCUT2D eigenvalue weighted by Crippen LogP contribution is 2.20. The number of nitrogens with zero attached hydrogens (tertiary/aromatic N) is 3. The first kappa shape index (κ1) is 16.9. The number of halogens is 1. The highest BCUT2D eigenvalue weighted by Gasteiger charge is 2.19. The zero-order chi connectivity index (χ0) is 15.8. The molecule has 1 aliphatic heterocycles. The van der Waals surface area contributed by atoms with Crippen LogP contribution in [0.3, 0.4) is 0 Å². The summed E-state index contributed by atoms with van der Waals surface area (Å²) in [5, 5.41) is 4.14. The molecule has 1 fully saturated rings. The molecule has 1 aliphatic rings. The maximum atomic E-state index is 6.08. The number of anilines is 1. The van der Waals surface area contributed by atoms with E-state index in [0.29, 0.717) is 13.2 Å². The zero-order valence-corrected chi connectivity index (χ0v) is 14.1. The van der Waals surface area contributed by atoms with E-state index in [1.807, 2.05) is 18.2 Å². The van der Waals surface area contributed by atoms with E-state index in [9.17, 15) is 0 Å². The summed E-state index contributed by atoms with van der Waals surface area (Å²) in [6.45, 7) is 8.14. The van der Waals surface area contributed by atoms with E-state index in [0.717, 1.165) is 43.7 Å². The Morgan fingerprint density at radius 3 is 2.73 bits per heavy atom. The number of ether oxygens (including phenoxy) is 1. The van der Waals surface area contributed by atoms with Crippen LogP contribution in [0.4, 0.5) is 5.69 Å². The van der Waals surface area contributed by atoms with Crippen molar-refractivity contribution in [3.63, 3.8) is 0 Å². The van der Waals surface area contributed by atoms with Crippen LogP contribution in [0, 0.1) is 0 Å². The molecule has 1 aromatic rings. The molecule has 0 spiro atoms. The molecule has 1 aromatic carbocycles. The van der Waals surface area contributed by atoms with Crippen LogP contribution < -0.4 is 10.2 Å². The fraction of sp³-hybridized carbons (Fsp3) is 0.562. The Morgan fingerprint density at radius 1 is 1.32 bits per heavy atom. The first-order valence-electron chi connectivity index (χ1n) is 7.77. The van der Waals surface area contributed by atoms with E-state index in [-0.39, 0.29) is 0 Å². The Morgan fingerprint density at radius 2 is 2.09 bits per heavy atom. The van der Waals surface area contributed by atoms with E-state index >= 15 is 0 Å². The van der Waals surface area contributed by atoms with Gasteiger partial charge in [0.05, 0.1) is 13.2 Å². The number of piperazine rings is 1. The molecule has 0 amide bonds. The second-order valence-electron chi connectivity index (χ2n) is 5.18. The quantitative estimate of drug-likeness (QED) is 0.511. The lowest BCUT2D eigenvalue weighted by molar-refractivity contribution is 0.207. The summed E-state index contributed by atoms with van der Waals surface area (Å²) in [7, 11) is 1.70. The largest absolute Gasteiger partial charge is 0.383 e. The SMILES string of the molecule is CCNC(=NCCOC)N1CCN(c2cccc(Cl)c2)CC1. The monoisotopic (exact) mass is 324 g/mol. The smallest absolute Gasteiger partial charge is 0.194 e. The van der Waals surface area contributed by atoms with Crippen LogP contribution in [0.15, 0.2) is 29.3 Å². The van der Waals surface area contributed by atoms with Gasteiger partial charge in [-0.3, -0.25) is 4.99 Å². The van der Waals surface area contributed by atoms with Gasteiger partial charge < -0.3 is 19.9 Å². The van der Waals surface area contributed by atoms with Crippen molar-refractivity contribution in [2.24, 2.45) is 4.99 Å². The van der Waals surface area contributed by atoms with Gasteiger partial charge in [-0.15, -0.1) is 0 Å². The fourth-order valence-corrected chi connectivity index (χ4v) is 2.70. The summed E-state index contributed by atoms with van der Waals surface area (Å²) in [6.07, 6.45) is 0. The predicted molar refractivity (Wildman–Crippen MR) is 93.1 cm³/mol. The van der Waals surface area contributed by atoms with Gasteiger partial charge >= 0.3 is 0 Å². The number of aliphatic imine (C=N–C) groups is 1. The third kappa shape index (κ3) is 4.78. The van der Waals surface area contributed by atoms with Gasteiger partial charge in [0.1, 0.15) is 0 Å². The molecular weight excluding hydrogens is 300 g/mol. The molecule has 1 saturated heterocycles. The number of hydrogen-bond donors (Lipinski definition) is 1. The molecule has 0 atom stereocenters. The Bertz CT molecular complexity index is 487. The van der Waals surface area contributed by atoms with Gasteiger partial charge in [-0.1, -0.05) is 17.7 Å². The van der Waals surface area contributed by atoms with Crippen LogP contribution in [-0.2, 0) is 4.74 Å². The van der Waals surface area contributed by atoms with Crippen LogP contribution >= 0.6 is 11.6 Å². The summed E-state index contributed by atoms with van der Waals surface area (Å²) >= 11 is 6.08. The van der Waals surface area contributed by atoms with Crippen LogP contribution in [0.5, 0.6) is 0 Å². The molecule has 1 N–H and O–H groups in total. The van der Waals surface area contributed by atoms with Gasteiger partial charge in [0.15, 0.2) is 5.96 Å². The molecule has 0 saturated carbocycles. The van der Waals surface area contributed by atoms with Crippen molar-refractivity contribution in [3.05, 3.63) is 29.3 Å². The van der Waals surface area contributed by atoms with Crippen LogP contribution in [0.1, 0.15) is 6.92 Å². The molecule has 1 heterocycles. The lowest BCUT2D eigenvalue weighted by atomic mass is 10.2. The molecule has 2 rings (SSSR count). The highest BCUT2D eigenvalue weighted by atomic mass is 35.5. The zero-order valence-electron chi connectivity index (χ0n) is 13.4. The summed E-state index contributed by atoms with van der Waals surface area (Å²) < 4.78 is 5.07. The molecule has 122 valence electrons. The van der Waals surface area contributed by atoms with Crippen LogP contribution in [-0.4, -0.2) is 63.8 Å². The van der Waals surface area contributed by atoms with Gasteiger partial charge in [0, 0.05) is 50.5 Å². The van der Waals surface area contributed by atoms with Crippen molar-refractivity contribution < 1.29 is 4.74 Å². The average Bonchev–Trinajstić information content (AvgIpc) is 2.54. The van der Waals surface area contributed by atoms with Gasteiger partial charge in [-0.2, -0.15) is 0 Å². The van der Waals surface area contributed by atoms with Crippen molar-refractivity contribution in [2.75, 3.05) is 57.9 Å². The molecular formula is C16H25ClN4O. The van der Waals surface area contributed by atoms with Crippen molar-refractivity contribution in [1.82, 2.24) is 10.2 Å². The van der Waals surface area contributed by atoms with E-state index in [4.69, 9.17) is 16.3 Å². The number of methoxy groups -OCH3 is 1. The fourth-order valence-electron chi connectivity index (χ4n) is 2.52. The van der Waals surface area contributed by atoms with Crippen molar-refractivity contribution in [2.45, 2.75) is 6.92 Å². The minimum absolute atomic E-state index is 0.650. The Labute approximate surface area is 137 Å². The predicted octanol–water partition coefficient (Wildman–Crippen LogP) is 2.07. The van der Waals surface area contributed by atoms with E-state index in [1.54, 1.807) is 7.11 Å². The van der Waals surface area contributed by atoms with Crippen LogP contribution in [0.2, 0.25) is 5.02 Å². The average molecular weight is 325 g/mol. The normalized spacial score (nSPS) is 16.0. The molecule has 0 radical (unpaired) electrons. The maximum Gasteiger partial charge on any atom is 0.194 e. The molecule has 22 heavy (non-hydrogen) atoms. The standard InChI is InChI=1S/C16H25ClN4O/c1-3-18-16(19-7-12-22-2)21-10-8-20(9-11-21)15-6-4-5-14(17)13-15/h4-6,13H,3,7-12H2,1-2H3,(H,18,19). The second kappa shape index (κ2) is 8.86. The summed E-state index contributed by atoms with van der Waals surface area (Å²) in [6, 6.07) is 8.04. The summed E-state index contributed by atoms with van der Waals surface area (Å²) in [5.41, 5.74) is 1.19. The highest BCUT2D eigenvalue weighted by molar-refractivity contribution is 6.30. The summed E-state index contributed by atoms with van der Waals surface area (Å²) in [4.78, 5) is 9.27. The Kier molecular flexibility index (Phi) is 6.80. The molecule has 0 aromatic heterocycles. The number of rotatable bonds is 5. The van der Waals surface area contributed by atoms with Crippen molar-refractivity contribution in [1.29, 1.82) is 0 Å². The molecule has 5 nitrogen and oxygen atoms in total. The van der Waals surface area contributed by atoms with Gasteiger partial charge in [-0.05, 0) is 25.1 Å².